The van der Waals surface area contributed by atoms with Gasteiger partial charge in [0, 0.05) is 18.5 Å². The van der Waals surface area contributed by atoms with Crippen LogP contribution in [0.1, 0.15) is 12.5 Å². The lowest BCUT2D eigenvalue weighted by Gasteiger charge is -2.13. The Hall–Kier alpha value is -3.96. The van der Waals surface area contributed by atoms with Gasteiger partial charge in [-0.05, 0) is 6.92 Å². The van der Waals surface area contributed by atoms with E-state index in [1.54, 1.807) is 6.92 Å². The summed E-state index contributed by atoms with van der Waals surface area (Å²) in [6, 6.07) is 1.11. The molecule has 172 valence electrons. The van der Waals surface area contributed by atoms with E-state index >= 15 is 0 Å². The molecule has 2 aromatic rings. The number of carbonyl (C=O) groups is 1. The van der Waals surface area contributed by atoms with E-state index < -0.39 is 24.2 Å². The van der Waals surface area contributed by atoms with Crippen LogP contribution in [0.5, 0.6) is 17.2 Å². The summed E-state index contributed by atoms with van der Waals surface area (Å²) in [5.74, 6) is -2.32. The Bertz CT molecular complexity index is 955. The number of aliphatic imine (C=N–C) groups is 1. The average molecular weight is 451 g/mol. The molecule has 0 saturated carbocycles. The molecule has 2 rings (SSSR count). The molecule has 0 fully saturated rings. The maximum absolute atomic E-state index is 14.4. The number of rotatable bonds is 11. The number of hydrogen-bond donors (Lipinski definition) is 2. The summed E-state index contributed by atoms with van der Waals surface area (Å²) < 4.78 is 48.7. The molecule has 0 radical (unpaired) electrons. The fourth-order valence-corrected chi connectivity index (χ4v) is 2.35. The number of allylic oxidation sites excluding steroid dienone is 1. The predicted octanol–water partition coefficient (Wildman–Crippen LogP) is 2.20. The fourth-order valence-electron chi connectivity index (χ4n) is 2.35. The topological polar surface area (TPSA) is 130 Å². The van der Waals surface area contributed by atoms with Crippen molar-refractivity contribution < 1.29 is 32.5 Å². The normalized spacial score (nSPS) is 11.3. The molecule has 0 unspecified atom stereocenters. The summed E-state index contributed by atoms with van der Waals surface area (Å²) in [4.78, 5) is 23.2. The molecular formula is C20H23F2N5O5. The lowest BCUT2D eigenvalue weighted by Crippen LogP contribution is -2.10. The van der Waals surface area contributed by atoms with Gasteiger partial charge in [0.05, 0.1) is 44.5 Å². The van der Waals surface area contributed by atoms with E-state index in [1.165, 1.54) is 39.0 Å². The van der Waals surface area contributed by atoms with Crippen molar-refractivity contribution in [3.63, 3.8) is 0 Å². The van der Waals surface area contributed by atoms with E-state index in [0.29, 0.717) is 5.70 Å². The van der Waals surface area contributed by atoms with Crippen molar-refractivity contribution in [1.29, 1.82) is 0 Å². The highest BCUT2D eigenvalue weighted by Gasteiger charge is 2.20. The molecule has 0 spiro atoms. The third-order valence-corrected chi connectivity index (χ3v) is 3.87. The summed E-state index contributed by atoms with van der Waals surface area (Å²) in [5, 5.41) is 2.79. The second kappa shape index (κ2) is 12.0. The van der Waals surface area contributed by atoms with Gasteiger partial charge in [0.1, 0.15) is 13.2 Å². The molecule has 0 bridgehead atoms. The van der Waals surface area contributed by atoms with E-state index in [4.69, 9.17) is 24.7 Å². The van der Waals surface area contributed by atoms with Crippen molar-refractivity contribution >= 4 is 18.1 Å². The highest BCUT2D eigenvalue weighted by Crippen LogP contribution is 2.31. The first kappa shape index (κ1) is 24.3. The number of esters is 1. The SMILES string of the molecule is CCOC(=O)CN=CC(=CN)Nc1ncc(OCc2c(F)c(OC)cc(OC)c2F)cn1. The third kappa shape index (κ3) is 6.52. The van der Waals surface area contributed by atoms with Crippen molar-refractivity contribution in [3.8, 4) is 17.2 Å². The van der Waals surface area contributed by atoms with Gasteiger partial charge in [-0.25, -0.2) is 18.7 Å². The Morgan fingerprint density at radius 2 is 1.81 bits per heavy atom. The Labute approximate surface area is 183 Å². The van der Waals surface area contributed by atoms with Crippen molar-refractivity contribution in [2.75, 3.05) is 32.7 Å². The monoisotopic (exact) mass is 451 g/mol. The second-order valence-electron chi connectivity index (χ2n) is 5.94. The molecule has 0 saturated heterocycles. The first-order valence-corrected chi connectivity index (χ1v) is 9.31. The van der Waals surface area contributed by atoms with E-state index in [1.807, 2.05) is 0 Å². The number of anilines is 1. The van der Waals surface area contributed by atoms with Crippen molar-refractivity contribution in [2.24, 2.45) is 10.7 Å². The first-order valence-electron chi connectivity index (χ1n) is 9.31. The van der Waals surface area contributed by atoms with E-state index in [-0.39, 0.29) is 41.9 Å². The van der Waals surface area contributed by atoms with Gasteiger partial charge in [0.2, 0.25) is 5.95 Å². The standard InChI is InChI=1S/C20H23F2N5O5/c1-4-31-17(28)10-24-7-12(6-23)27-20-25-8-13(9-26-20)32-11-14-18(21)15(29-2)5-16(30-3)19(14)22/h5-9H,4,10-11,23H2,1-3H3,(H,25,26,27). The molecular weight excluding hydrogens is 428 g/mol. The molecule has 3 N–H and O–H groups in total. The smallest absolute Gasteiger partial charge is 0.327 e. The number of methoxy groups -OCH3 is 2. The highest BCUT2D eigenvalue weighted by atomic mass is 19.1. The van der Waals surface area contributed by atoms with E-state index in [2.05, 4.69) is 20.3 Å². The molecule has 12 heteroatoms. The fraction of sp³-hybridized carbons (Fsp3) is 0.300. The van der Waals surface area contributed by atoms with Crippen molar-refractivity contribution in [3.05, 3.63) is 47.6 Å². The van der Waals surface area contributed by atoms with Gasteiger partial charge in [-0.3, -0.25) is 9.79 Å². The minimum absolute atomic E-state index is 0.150. The van der Waals surface area contributed by atoms with Crippen LogP contribution in [0.15, 0.2) is 35.3 Å². The largest absolute Gasteiger partial charge is 0.494 e. The van der Waals surface area contributed by atoms with Crippen LogP contribution in [-0.4, -0.2) is 49.5 Å². The van der Waals surface area contributed by atoms with Gasteiger partial charge >= 0.3 is 5.97 Å². The minimum atomic E-state index is -0.898. The van der Waals surface area contributed by atoms with E-state index in [0.717, 1.165) is 6.07 Å². The summed E-state index contributed by atoms with van der Waals surface area (Å²) in [6.45, 7) is 1.34. The maximum Gasteiger partial charge on any atom is 0.327 e. The van der Waals surface area contributed by atoms with Crippen LogP contribution in [0.2, 0.25) is 0 Å². The zero-order valence-corrected chi connectivity index (χ0v) is 17.7. The van der Waals surface area contributed by atoms with Crippen LogP contribution < -0.4 is 25.3 Å². The first-order chi connectivity index (χ1) is 15.4. The van der Waals surface area contributed by atoms with Crippen molar-refractivity contribution in [2.45, 2.75) is 13.5 Å². The Morgan fingerprint density at radius 3 is 2.34 bits per heavy atom. The third-order valence-electron chi connectivity index (χ3n) is 3.87. The predicted molar refractivity (Wildman–Crippen MR) is 112 cm³/mol. The maximum atomic E-state index is 14.4. The zero-order chi connectivity index (χ0) is 23.5. The molecule has 0 aliphatic heterocycles. The van der Waals surface area contributed by atoms with Crippen LogP contribution in [0, 0.1) is 11.6 Å². The van der Waals surface area contributed by atoms with Gasteiger partial charge in [-0.2, -0.15) is 0 Å². The average Bonchev–Trinajstić information content (AvgIpc) is 2.79. The lowest BCUT2D eigenvalue weighted by atomic mass is 10.1. The molecule has 0 aliphatic carbocycles. The second-order valence-corrected chi connectivity index (χ2v) is 5.94. The Kier molecular flexibility index (Phi) is 9.14. The summed E-state index contributed by atoms with van der Waals surface area (Å²) in [7, 11) is 2.51. The molecule has 0 amide bonds. The zero-order valence-electron chi connectivity index (χ0n) is 17.7. The Morgan fingerprint density at radius 1 is 1.19 bits per heavy atom. The van der Waals surface area contributed by atoms with Gasteiger partial charge in [0.15, 0.2) is 28.9 Å². The van der Waals surface area contributed by atoms with Gasteiger partial charge < -0.3 is 30.0 Å². The summed E-state index contributed by atoms with van der Waals surface area (Å²) in [6.07, 6.45) is 5.13. The van der Waals surface area contributed by atoms with Crippen LogP contribution >= 0.6 is 0 Å². The van der Waals surface area contributed by atoms with Crippen LogP contribution in [0.25, 0.3) is 0 Å². The number of nitrogens with two attached hydrogens (primary N) is 1. The number of ether oxygens (including phenoxy) is 4. The number of nitrogens with zero attached hydrogens (tertiary/aromatic N) is 3. The van der Waals surface area contributed by atoms with E-state index in [9.17, 15) is 13.6 Å². The molecule has 32 heavy (non-hydrogen) atoms. The van der Waals surface area contributed by atoms with Crippen LogP contribution in [0.4, 0.5) is 14.7 Å². The lowest BCUT2D eigenvalue weighted by molar-refractivity contribution is -0.141. The molecule has 1 aromatic carbocycles. The van der Waals surface area contributed by atoms with Crippen LogP contribution in [0.3, 0.4) is 0 Å². The van der Waals surface area contributed by atoms with Gasteiger partial charge in [0.25, 0.3) is 0 Å². The number of benzene rings is 1. The van der Waals surface area contributed by atoms with Gasteiger partial charge in [-0.15, -0.1) is 0 Å². The molecule has 10 nitrogen and oxygen atoms in total. The highest BCUT2D eigenvalue weighted by molar-refractivity contribution is 5.84. The summed E-state index contributed by atoms with van der Waals surface area (Å²) in [5.41, 5.74) is 5.47. The number of hydrogen-bond acceptors (Lipinski definition) is 10. The van der Waals surface area contributed by atoms with Crippen molar-refractivity contribution in [1.82, 2.24) is 9.97 Å². The number of aromatic nitrogens is 2. The quantitative estimate of drug-likeness (QED) is 0.390. The molecule has 0 atom stereocenters. The van der Waals surface area contributed by atoms with Gasteiger partial charge in [-0.1, -0.05) is 0 Å². The molecule has 1 aromatic heterocycles. The molecule has 0 aliphatic rings. The molecule has 1 heterocycles. The number of halogens is 2. The number of nitrogens with one attached hydrogen (secondary N) is 1. The Balaban J connectivity index is 2.02. The minimum Gasteiger partial charge on any atom is -0.494 e. The summed E-state index contributed by atoms with van der Waals surface area (Å²) >= 11 is 0. The number of carbonyl (C=O) groups excluding carboxylic acids is 1. The van der Waals surface area contributed by atoms with Crippen LogP contribution in [-0.2, 0) is 16.1 Å².